The zero-order chi connectivity index (χ0) is 12.6. The first-order chi connectivity index (χ1) is 8.02. The van der Waals surface area contributed by atoms with E-state index >= 15 is 0 Å². The van der Waals surface area contributed by atoms with Crippen LogP contribution in [0.4, 0.5) is 14.5 Å². The summed E-state index contributed by atoms with van der Waals surface area (Å²) in [6.07, 6.45) is 0.156. The van der Waals surface area contributed by atoms with E-state index in [2.05, 4.69) is 0 Å². The highest BCUT2D eigenvalue weighted by molar-refractivity contribution is 6.24. The van der Waals surface area contributed by atoms with E-state index in [1.807, 2.05) is 0 Å². The maximum absolute atomic E-state index is 13.5. The minimum absolute atomic E-state index is 0.0816. The lowest BCUT2D eigenvalue weighted by atomic mass is 10.2. The molecule has 0 N–H and O–H groups in total. The van der Waals surface area contributed by atoms with Gasteiger partial charge in [0.25, 0.3) is 0 Å². The number of nitrogens with zero attached hydrogens (tertiary/aromatic N) is 1. The third-order valence-electron chi connectivity index (χ3n) is 2.56. The van der Waals surface area contributed by atoms with Gasteiger partial charge in [0, 0.05) is 25.1 Å². The summed E-state index contributed by atoms with van der Waals surface area (Å²) in [5.74, 6) is -2.02. The van der Waals surface area contributed by atoms with E-state index in [0.717, 1.165) is 6.07 Å². The Labute approximate surface area is 102 Å². The molecule has 1 unspecified atom stereocenters. The summed E-state index contributed by atoms with van der Waals surface area (Å²) in [5.41, 5.74) is 0.0816. The number of rotatable bonds is 2. The van der Waals surface area contributed by atoms with Crippen LogP contribution in [-0.2, 0) is 4.79 Å². The predicted molar refractivity (Wildman–Crippen MR) is 59.5 cm³/mol. The zero-order valence-corrected chi connectivity index (χ0v) is 9.80. The molecule has 0 bridgehead atoms. The fraction of sp³-hybridized carbons (Fsp3) is 0.364. The first kappa shape index (κ1) is 12.1. The molecule has 1 aromatic rings. The van der Waals surface area contributed by atoms with Gasteiger partial charge < -0.3 is 9.64 Å². The molecule has 0 radical (unpaired) electrons. The second kappa shape index (κ2) is 4.49. The molecule has 1 aliphatic rings. The summed E-state index contributed by atoms with van der Waals surface area (Å²) in [7, 11) is 1.26. The van der Waals surface area contributed by atoms with Gasteiger partial charge in [-0.1, -0.05) is 0 Å². The lowest BCUT2D eigenvalue weighted by Crippen LogP contribution is -2.25. The van der Waals surface area contributed by atoms with Crippen LogP contribution >= 0.6 is 11.6 Å². The maximum atomic E-state index is 13.5. The molecular weight excluding hydrogens is 252 g/mol. The molecule has 1 amide bonds. The molecule has 3 nitrogen and oxygen atoms in total. The summed E-state index contributed by atoms with van der Waals surface area (Å²) in [5, 5.41) is -0.349. The molecule has 0 saturated carbocycles. The van der Waals surface area contributed by atoms with Crippen LogP contribution in [-0.4, -0.2) is 24.9 Å². The SMILES string of the molecule is COc1c(F)cc(F)cc1N1CC(Cl)CC1=O. The van der Waals surface area contributed by atoms with Gasteiger partial charge in [-0.05, 0) is 0 Å². The summed E-state index contributed by atoms with van der Waals surface area (Å²) in [6, 6.07) is 1.77. The van der Waals surface area contributed by atoms with Gasteiger partial charge in [0.2, 0.25) is 5.91 Å². The van der Waals surface area contributed by atoms with Crippen molar-refractivity contribution in [2.24, 2.45) is 0 Å². The molecule has 1 aromatic carbocycles. The van der Waals surface area contributed by atoms with Gasteiger partial charge in [0.1, 0.15) is 5.82 Å². The number of anilines is 1. The van der Waals surface area contributed by atoms with Crippen LogP contribution in [0.5, 0.6) is 5.75 Å². The predicted octanol–water partition coefficient (Wildman–Crippen LogP) is 2.32. The normalized spacial score (nSPS) is 19.9. The quantitative estimate of drug-likeness (QED) is 0.765. The van der Waals surface area contributed by atoms with Gasteiger partial charge in [0.05, 0.1) is 18.2 Å². The smallest absolute Gasteiger partial charge is 0.228 e. The van der Waals surface area contributed by atoms with E-state index in [1.54, 1.807) is 0 Å². The highest BCUT2D eigenvalue weighted by Crippen LogP contribution is 2.35. The molecule has 6 heteroatoms. The number of benzene rings is 1. The van der Waals surface area contributed by atoms with E-state index in [9.17, 15) is 13.6 Å². The van der Waals surface area contributed by atoms with Gasteiger partial charge in [-0.2, -0.15) is 0 Å². The Morgan fingerprint density at radius 3 is 2.71 bits per heavy atom. The number of carbonyl (C=O) groups is 1. The molecule has 92 valence electrons. The summed E-state index contributed by atoms with van der Waals surface area (Å²) in [6.45, 7) is 0.222. The summed E-state index contributed by atoms with van der Waals surface area (Å²) >= 11 is 5.84. The Hall–Kier alpha value is -1.36. The number of hydrogen-bond acceptors (Lipinski definition) is 2. The Bertz CT molecular complexity index is 467. The molecule has 1 atom stereocenters. The average Bonchev–Trinajstić information content (AvgIpc) is 2.56. The molecule has 17 heavy (non-hydrogen) atoms. The number of methoxy groups -OCH3 is 1. The molecule has 1 heterocycles. The Kier molecular flexibility index (Phi) is 3.19. The van der Waals surface area contributed by atoms with Crippen molar-refractivity contribution in [3.05, 3.63) is 23.8 Å². The average molecular weight is 262 g/mol. The van der Waals surface area contributed by atoms with E-state index in [-0.39, 0.29) is 35.7 Å². The number of alkyl halides is 1. The Morgan fingerprint density at radius 1 is 1.47 bits per heavy atom. The van der Waals surface area contributed by atoms with Crippen LogP contribution in [0.15, 0.2) is 12.1 Å². The van der Waals surface area contributed by atoms with E-state index in [0.29, 0.717) is 6.07 Å². The van der Waals surface area contributed by atoms with Crippen molar-refractivity contribution in [3.8, 4) is 5.75 Å². The molecule has 0 aromatic heterocycles. The number of amides is 1. The fourth-order valence-electron chi connectivity index (χ4n) is 1.85. The van der Waals surface area contributed by atoms with Gasteiger partial charge >= 0.3 is 0 Å². The number of carbonyl (C=O) groups excluding carboxylic acids is 1. The van der Waals surface area contributed by atoms with Crippen molar-refractivity contribution in [2.45, 2.75) is 11.8 Å². The monoisotopic (exact) mass is 261 g/mol. The molecule has 1 fully saturated rings. The largest absolute Gasteiger partial charge is 0.492 e. The van der Waals surface area contributed by atoms with Crippen LogP contribution in [0, 0.1) is 11.6 Å². The number of ether oxygens (including phenoxy) is 1. The van der Waals surface area contributed by atoms with Crippen LogP contribution < -0.4 is 9.64 Å². The van der Waals surface area contributed by atoms with E-state index in [1.165, 1.54) is 12.0 Å². The third-order valence-corrected chi connectivity index (χ3v) is 2.85. The van der Waals surface area contributed by atoms with Crippen molar-refractivity contribution in [2.75, 3.05) is 18.6 Å². The standard InChI is InChI=1S/C11H10ClF2NO2/c1-17-11-8(14)3-7(13)4-9(11)15-5-6(12)2-10(15)16/h3-4,6H,2,5H2,1H3. The second-order valence-corrected chi connectivity index (χ2v) is 4.36. The van der Waals surface area contributed by atoms with Gasteiger partial charge in [0.15, 0.2) is 11.6 Å². The Morgan fingerprint density at radius 2 is 2.18 bits per heavy atom. The van der Waals surface area contributed by atoms with Gasteiger partial charge in [-0.15, -0.1) is 11.6 Å². The first-order valence-electron chi connectivity index (χ1n) is 5.00. The van der Waals surface area contributed by atoms with E-state index in [4.69, 9.17) is 16.3 Å². The van der Waals surface area contributed by atoms with Crippen molar-refractivity contribution >= 4 is 23.2 Å². The Balaban J connectivity index is 2.47. The first-order valence-corrected chi connectivity index (χ1v) is 5.44. The van der Waals surface area contributed by atoms with Crippen molar-refractivity contribution in [3.63, 3.8) is 0 Å². The second-order valence-electron chi connectivity index (χ2n) is 3.75. The molecule has 0 aliphatic carbocycles. The zero-order valence-electron chi connectivity index (χ0n) is 9.04. The maximum Gasteiger partial charge on any atom is 0.228 e. The molecular formula is C11H10ClF2NO2. The summed E-state index contributed by atoms with van der Waals surface area (Å²) < 4.78 is 31.5. The van der Waals surface area contributed by atoms with Crippen LogP contribution in [0.2, 0.25) is 0 Å². The van der Waals surface area contributed by atoms with Crippen molar-refractivity contribution < 1.29 is 18.3 Å². The lowest BCUT2D eigenvalue weighted by molar-refractivity contribution is -0.117. The third kappa shape index (κ3) is 2.20. The molecule has 1 aliphatic heterocycles. The minimum Gasteiger partial charge on any atom is -0.492 e. The molecule has 0 spiro atoms. The highest BCUT2D eigenvalue weighted by atomic mass is 35.5. The van der Waals surface area contributed by atoms with Crippen LogP contribution in [0.1, 0.15) is 6.42 Å². The fourth-order valence-corrected chi connectivity index (χ4v) is 2.12. The van der Waals surface area contributed by atoms with Gasteiger partial charge in [-0.25, -0.2) is 8.78 Å². The minimum atomic E-state index is -0.840. The lowest BCUT2D eigenvalue weighted by Gasteiger charge is -2.19. The van der Waals surface area contributed by atoms with Crippen molar-refractivity contribution in [1.29, 1.82) is 0 Å². The van der Waals surface area contributed by atoms with E-state index < -0.39 is 11.6 Å². The van der Waals surface area contributed by atoms with Crippen molar-refractivity contribution in [1.82, 2.24) is 0 Å². The number of hydrogen-bond donors (Lipinski definition) is 0. The summed E-state index contributed by atoms with van der Waals surface area (Å²) in [4.78, 5) is 12.9. The number of halogens is 3. The topological polar surface area (TPSA) is 29.5 Å². The van der Waals surface area contributed by atoms with Crippen LogP contribution in [0.3, 0.4) is 0 Å². The highest BCUT2D eigenvalue weighted by Gasteiger charge is 2.32. The van der Waals surface area contributed by atoms with Crippen LogP contribution in [0.25, 0.3) is 0 Å². The van der Waals surface area contributed by atoms with Gasteiger partial charge in [-0.3, -0.25) is 4.79 Å². The molecule has 2 rings (SSSR count). The molecule has 1 saturated heterocycles.